The van der Waals surface area contributed by atoms with E-state index in [0.717, 1.165) is 37.7 Å². The predicted octanol–water partition coefficient (Wildman–Crippen LogP) is 4.89. The van der Waals surface area contributed by atoms with Gasteiger partial charge in [0.25, 0.3) is 0 Å². The van der Waals surface area contributed by atoms with E-state index in [1.165, 1.54) is 7.11 Å². The zero-order valence-corrected chi connectivity index (χ0v) is 41.7. The molecule has 1 heterocycles. The number of carbonyl (C=O) groups excluding carboxylic acids is 5. The second-order valence-corrected chi connectivity index (χ2v) is 18.3. The lowest BCUT2D eigenvalue weighted by atomic mass is 9.88. The summed E-state index contributed by atoms with van der Waals surface area (Å²) in [5, 5.41) is 2.89. The Bertz CT molecular complexity index is 1570. The number of nitrogen functional groups attached to an aromatic ring is 1. The molecule has 4 N–H and O–H groups in total. The Morgan fingerprint density at radius 2 is 1.44 bits per heavy atom. The van der Waals surface area contributed by atoms with Crippen molar-refractivity contribution in [1.82, 2.24) is 30.4 Å². The number of hydrogen-bond acceptors (Lipinski definition) is 11. The highest BCUT2D eigenvalue weighted by atomic mass is 16.7. The van der Waals surface area contributed by atoms with Crippen LogP contribution in [0.2, 0.25) is 0 Å². The minimum atomic E-state index is -0.652. The summed E-state index contributed by atoms with van der Waals surface area (Å²) in [6.45, 7) is 17.0. The van der Waals surface area contributed by atoms with Crippen LogP contribution in [0.4, 0.5) is 5.69 Å². The van der Waals surface area contributed by atoms with Crippen molar-refractivity contribution >= 4 is 35.2 Å². The first-order valence-electron chi connectivity index (χ1n) is 23.5. The minimum absolute atomic E-state index is 0.0173. The Labute approximate surface area is 384 Å². The van der Waals surface area contributed by atoms with Crippen LogP contribution in [0, 0.1) is 23.7 Å². The van der Waals surface area contributed by atoms with Gasteiger partial charge in [0.15, 0.2) is 0 Å². The van der Waals surface area contributed by atoms with Gasteiger partial charge in [-0.25, -0.2) is 5.48 Å². The van der Waals surface area contributed by atoms with Gasteiger partial charge >= 0.3 is 0 Å². The summed E-state index contributed by atoms with van der Waals surface area (Å²) in [5.74, 6) is -1.77. The number of unbranched alkanes of at least 4 members (excludes halogenated alkanes) is 1. The van der Waals surface area contributed by atoms with Gasteiger partial charge in [0, 0.05) is 47.2 Å². The lowest BCUT2D eigenvalue weighted by Crippen LogP contribution is -2.57. The number of hydroxylamine groups is 1. The number of nitrogens with zero attached hydrogens (tertiary/aromatic N) is 4. The van der Waals surface area contributed by atoms with Crippen molar-refractivity contribution in [3.8, 4) is 0 Å². The van der Waals surface area contributed by atoms with Crippen LogP contribution in [-0.2, 0) is 49.6 Å². The summed E-state index contributed by atoms with van der Waals surface area (Å²) < 4.78 is 18.1. The Hall–Kier alpha value is -3.83. The summed E-state index contributed by atoms with van der Waals surface area (Å²) >= 11 is 0. The summed E-state index contributed by atoms with van der Waals surface area (Å²) in [6, 6.07) is 5.51. The van der Waals surface area contributed by atoms with Crippen LogP contribution in [-0.4, -0.2) is 154 Å². The van der Waals surface area contributed by atoms with Crippen LogP contribution in [0.1, 0.15) is 112 Å². The van der Waals surface area contributed by atoms with E-state index in [9.17, 15) is 24.0 Å². The largest absolute Gasteiger partial charge is 0.399 e. The van der Waals surface area contributed by atoms with Gasteiger partial charge in [0.05, 0.1) is 74.4 Å². The van der Waals surface area contributed by atoms with Gasteiger partial charge < -0.3 is 40.0 Å². The summed E-state index contributed by atoms with van der Waals surface area (Å²) in [6.07, 6.45) is 2.56. The molecule has 0 aromatic heterocycles. The molecule has 0 spiro atoms. The number of nitrogens with two attached hydrogens (primary N) is 1. The number of hydrogen-bond donors (Lipinski definition) is 3. The zero-order valence-electron chi connectivity index (χ0n) is 41.7. The third-order valence-electron chi connectivity index (χ3n) is 13.2. The molecule has 366 valence electrons. The molecule has 0 aliphatic carbocycles. The molecule has 1 saturated heterocycles. The molecule has 64 heavy (non-hydrogen) atoms. The third-order valence-corrected chi connectivity index (χ3v) is 13.2. The highest BCUT2D eigenvalue weighted by Gasteiger charge is 2.44. The van der Waals surface area contributed by atoms with Crippen molar-refractivity contribution in [1.29, 1.82) is 0 Å². The number of carbonyl (C=O) groups is 5. The summed E-state index contributed by atoms with van der Waals surface area (Å²) in [7, 11) is 10.1. The van der Waals surface area contributed by atoms with E-state index < -0.39 is 36.3 Å². The molecule has 16 heteroatoms. The molecule has 5 amide bonds. The molecule has 1 fully saturated rings. The summed E-state index contributed by atoms with van der Waals surface area (Å²) in [4.78, 5) is 82.1. The van der Waals surface area contributed by atoms with Gasteiger partial charge in [0.1, 0.15) is 0 Å². The van der Waals surface area contributed by atoms with Crippen LogP contribution in [0.3, 0.4) is 0 Å². The minimum Gasteiger partial charge on any atom is -0.399 e. The Balaban J connectivity index is 2.29. The van der Waals surface area contributed by atoms with E-state index in [1.807, 2.05) is 75.5 Å². The number of likely N-dealkylation sites (N-methyl/N-ethyl adjacent to an activating group) is 2. The maximum absolute atomic E-state index is 14.5. The van der Waals surface area contributed by atoms with Gasteiger partial charge in [0.2, 0.25) is 29.5 Å². The van der Waals surface area contributed by atoms with E-state index in [1.54, 1.807) is 38.3 Å². The molecule has 16 nitrogen and oxygen atoms in total. The number of anilines is 1. The SMILES string of the molecule is CCCCN(C(=O)CNC(=O)C(C(C)C)N(C)C)C(C(C)CC)C(CC(=O)N1CCCC1C(OC)C(C)C(=O)N(C)C(C(C)CC)C(CC(=O)NOCc1ccc(N)cc1)OC)OC. The van der Waals surface area contributed by atoms with Gasteiger partial charge in [-0.2, -0.15) is 0 Å². The smallest absolute Gasteiger partial charge is 0.246 e. The van der Waals surface area contributed by atoms with Crippen molar-refractivity contribution in [2.24, 2.45) is 23.7 Å². The molecule has 0 radical (unpaired) electrons. The molecule has 2 rings (SSSR count). The van der Waals surface area contributed by atoms with Crippen LogP contribution >= 0.6 is 0 Å². The van der Waals surface area contributed by atoms with Crippen LogP contribution in [0.15, 0.2) is 24.3 Å². The number of methoxy groups -OCH3 is 3. The van der Waals surface area contributed by atoms with E-state index in [2.05, 4.69) is 31.6 Å². The van der Waals surface area contributed by atoms with Gasteiger partial charge in [-0.05, 0) is 68.8 Å². The average Bonchev–Trinajstić information content (AvgIpc) is 3.75. The topological polar surface area (TPSA) is 185 Å². The van der Waals surface area contributed by atoms with Crippen molar-refractivity contribution in [2.75, 3.05) is 67.8 Å². The van der Waals surface area contributed by atoms with Crippen LogP contribution in [0.5, 0.6) is 0 Å². The number of benzene rings is 1. The monoisotopic (exact) mass is 904 g/mol. The Morgan fingerprint density at radius 3 is 1.97 bits per heavy atom. The van der Waals surface area contributed by atoms with Crippen molar-refractivity contribution in [3.63, 3.8) is 0 Å². The fourth-order valence-corrected chi connectivity index (χ4v) is 9.39. The molecule has 1 aromatic carbocycles. The van der Waals surface area contributed by atoms with Crippen molar-refractivity contribution < 1.29 is 43.0 Å². The van der Waals surface area contributed by atoms with Gasteiger partial charge in [-0.3, -0.25) is 33.7 Å². The first-order valence-corrected chi connectivity index (χ1v) is 23.5. The molecule has 1 aliphatic heterocycles. The number of ether oxygens (including phenoxy) is 3. The average molecular weight is 904 g/mol. The van der Waals surface area contributed by atoms with E-state index in [0.29, 0.717) is 25.2 Å². The number of amides is 5. The highest BCUT2D eigenvalue weighted by Crippen LogP contribution is 2.31. The standard InChI is InChI=1S/C48H85N7O9/c1-15-18-25-55(42(58)29-50-47(59)43(31(4)5)52(9)10)45(33(7)17-3)39(62-13)28-41(57)54-26-19-20-37(54)46(63-14)34(8)48(60)53(11)44(32(6)16-2)38(61-12)27-40(56)51-64-30-35-21-23-36(49)24-22-35/h21-24,31-34,37-39,43-46H,15-20,25-30,49H2,1-14H3,(H,50,59)(H,51,56). The van der Waals surface area contributed by atoms with E-state index in [-0.39, 0.29) is 85.4 Å². The zero-order chi connectivity index (χ0) is 48.3. The molecular formula is C48H85N7O9. The predicted molar refractivity (Wildman–Crippen MR) is 251 cm³/mol. The molecule has 1 aliphatic rings. The molecule has 10 atom stereocenters. The fraction of sp³-hybridized carbons (Fsp3) is 0.771. The molecule has 1 aromatic rings. The normalized spacial score (nSPS) is 18.4. The highest BCUT2D eigenvalue weighted by molar-refractivity contribution is 5.88. The van der Waals surface area contributed by atoms with Crippen molar-refractivity contribution in [3.05, 3.63) is 29.8 Å². The van der Waals surface area contributed by atoms with Crippen LogP contribution in [0.25, 0.3) is 0 Å². The first-order chi connectivity index (χ1) is 30.3. The lowest BCUT2D eigenvalue weighted by Gasteiger charge is -2.42. The van der Waals surface area contributed by atoms with Crippen LogP contribution < -0.4 is 16.5 Å². The second-order valence-electron chi connectivity index (χ2n) is 18.3. The fourth-order valence-electron chi connectivity index (χ4n) is 9.39. The molecular weight excluding hydrogens is 819 g/mol. The number of nitrogens with one attached hydrogen (secondary N) is 2. The van der Waals surface area contributed by atoms with Gasteiger partial charge in [-0.1, -0.05) is 86.8 Å². The number of likely N-dealkylation sites (tertiary alicyclic amines) is 1. The maximum atomic E-state index is 14.5. The molecule has 0 bridgehead atoms. The first kappa shape index (κ1) is 56.3. The molecule has 0 saturated carbocycles. The quantitative estimate of drug-likeness (QED) is 0.0735. The Morgan fingerprint density at radius 1 is 0.844 bits per heavy atom. The summed E-state index contributed by atoms with van der Waals surface area (Å²) in [5.41, 5.74) is 9.77. The van der Waals surface area contributed by atoms with E-state index in [4.69, 9.17) is 24.8 Å². The molecule has 10 unspecified atom stereocenters. The second kappa shape index (κ2) is 28.3. The van der Waals surface area contributed by atoms with Crippen molar-refractivity contribution in [2.45, 2.75) is 156 Å². The van der Waals surface area contributed by atoms with Gasteiger partial charge in [-0.15, -0.1) is 0 Å². The third kappa shape index (κ3) is 16.0. The maximum Gasteiger partial charge on any atom is 0.246 e. The number of rotatable bonds is 29. The Kier molecular flexibility index (Phi) is 24.9. The van der Waals surface area contributed by atoms with E-state index >= 15 is 0 Å². The lowest BCUT2D eigenvalue weighted by molar-refractivity contribution is -0.152.